The molecule has 132 valence electrons. The summed E-state index contributed by atoms with van der Waals surface area (Å²) in [4.78, 5) is 12.2. The van der Waals surface area contributed by atoms with Crippen LogP contribution in [0.2, 0.25) is 0 Å². The van der Waals surface area contributed by atoms with E-state index in [1.807, 2.05) is 49.4 Å². The monoisotopic (exact) mass is 350 g/mol. The van der Waals surface area contributed by atoms with Crippen molar-refractivity contribution in [1.29, 1.82) is 0 Å². The number of nitrogens with zero attached hydrogens (tertiary/aromatic N) is 1. The lowest BCUT2D eigenvalue weighted by atomic mass is 10.1. The average molecular weight is 350 g/mol. The summed E-state index contributed by atoms with van der Waals surface area (Å²) in [6, 6.07) is 15.3. The first-order chi connectivity index (χ1) is 12.7. The smallest absolute Gasteiger partial charge is 0.273 e. The normalized spacial score (nSPS) is 12.2. The highest BCUT2D eigenvalue weighted by molar-refractivity contribution is 5.93. The lowest BCUT2D eigenvalue weighted by molar-refractivity contribution is 0.0945. The van der Waals surface area contributed by atoms with Gasteiger partial charge >= 0.3 is 0 Å². The van der Waals surface area contributed by atoms with Gasteiger partial charge in [-0.15, -0.1) is 0 Å². The van der Waals surface area contributed by atoms with Crippen molar-refractivity contribution in [2.75, 3.05) is 13.3 Å². The fraction of sp³-hybridized carbons (Fsp3) is 0.200. The van der Waals surface area contributed by atoms with Gasteiger partial charge in [0.15, 0.2) is 23.0 Å². The van der Waals surface area contributed by atoms with Crippen LogP contribution in [0.5, 0.6) is 11.5 Å². The van der Waals surface area contributed by atoms with Crippen LogP contribution in [-0.2, 0) is 6.42 Å². The van der Waals surface area contributed by atoms with Crippen molar-refractivity contribution in [3.8, 4) is 22.8 Å². The third kappa shape index (κ3) is 3.39. The van der Waals surface area contributed by atoms with Crippen LogP contribution in [0.3, 0.4) is 0 Å². The van der Waals surface area contributed by atoms with Gasteiger partial charge in [0.1, 0.15) is 0 Å². The van der Waals surface area contributed by atoms with Crippen LogP contribution < -0.4 is 14.8 Å². The Morgan fingerprint density at radius 1 is 1.08 bits per heavy atom. The molecule has 26 heavy (non-hydrogen) atoms. The van der Waals surface area contributed by atoms with Gasteiger partial charge in [0.2, 0.25) is 6.79 Å². The minimum absolute atomic E-state index is 0.255. The maximum Gasteiger partial charge on any atom is 0.273 e. The molecule has 1 aromatic heterocycles. The number of amides is 1. The van der Waals surface area contributed by atoms with Gasteiger partial charge in [-0.2, -0.15) is 0 Å². The Morgan fingerprint density at radius 3 is 2.73 bits per heavy atom. The lowest BCUT2D eigenvalue weighted by Gasteiger charge is -2.04. The van der Waals surface area contributed by atoms with Crippen molar-refractivity contribution in [3.63, 3.8) is 0 Å². The van der Waals surface area contributed by atoms with Crippen molar-refractivity contribution >= 4 is 5.91 Å². The number of nitrogens with one attached hydrogen (secondary N) is 1. The number of carbonyl (C=O) groups excluding carboxylic acids is 1. The minimum Gasteiger partial charge on any atom is -0.454 e. The molecule has 2 heterocycles. The van der Waals surface area contributed by atoms with E-state index < -0.39 is 0 Å². The number of aromatic nitrogens is 1. The van der Waals surface area contributed by atoms with Crippen LogP contribution in [0.15, 0.2) is 53.1 Å². The van der Waals surface area contributed by atoms with Crippen molar-refractivity contribution in [2.45, 2.75) is 13.3 Å². The summed E-state index contributed by atoms with van der Waals surface area (Å²) in [5, 5.41) is 6.72. The van der Waals surface area contributed by atoms with Crippen LogP contribution in [-0.4, -0.2) is 24.4 Å². The molecule has 0 unspecified atom stereocenters. The zero-order valence-electron chi connectivity index (χ0n) is 14.3. The number of hydrogen-bond donors (Lipinski definition) is 1. The first kappa shape index (κ1) is 16.2. The fourth-order valence-electron chi connectivity index (χ4n) is 2.74. The molecule has 6 nitrogen and oxygen atoms in total. The minimum atomic E-state index is -0.257. The van der Waals surface area contributed by atoms with E-state index in [-0.39, 0.29) is 18.4 Å². The highest BCUT2D eigenvalue weighted by atomic mass is 16.7. The number of benzene rings is 2. The number of fused-ring (bicyclic) bond motifs is 1. The maximum atomic E-state index is 12.2. The second-order valence-corrected chi connectivity index (χ2v) is 6.14. The molecule has 3 aromatic rings. The van der Waals surface area contributed by atoms with Gasteiger partial charge in [-0.25, -0.2) is 0 Å². The van der Waals surface area contributed by atoms with Crippen LogP contribution in [0.1, 0.15) is 21.6 Å². The van der Waals surface area contributed by atoms with Gasteiger partial charge in [0.05, 0.1) is 0 Å². The summed E-state index contributed by atoms with van der Waals surface area (Å²) in [6.07, 6.45) is 0.686. The Bertz CT molecular complexity index is 931. The third-order valence-corrected chi connectivity index (χ3v) is 4.22. The molecule has 0 saturated heterocycles. The second kappa shape index (κ2) is 6.92. The average Bonchev–Trinajstić information content (AvgIpc) is 3.31. The summed E-state index contributed by atoms with van der Waals surface area (Å²) in [7, 11) is 0. The summed E-state index contributed by atoms with van der Waals surface area (Å²) in [5.74, 6) is 1.82. The molecular weight excluding hydrogens is 332 g/mol. The molecule has 0 spiro atoms. The van der Waals surface area contributed by atoms with Crippen LogP contribution in [0, 0.1) is 6.92 Å². The fourth-order valence-corrected chi connectivity index (χ4v) is 2.74. The zero-order valence-corrected chi connectivity index (χ0v) is 14.3. The predicted molar refractivity (Wildman–Crippen MR) is 95.3 cm³/mol. The van der Waals surface area contributed by atoms with Gasteiger partial charge in [-0.3, -0.25) is 4.79 Å². The topological polar surface area (TPSA) is 73.6 Å². The van der Waals surface area contributed by atoms with E-state index in [1.54, 1.807) is 6.07 Å². The van der Waals surface area contributed by atoms with Gasteiger partial charge in [0, 0.05) is 18.2 Å². The van der Waals surface area contributed by atoms with Crippen molar-refractivity contribution in [2.24, 2.45) is 0 Å². The van der Waals surface area contributed by atoms with Crippen LogP contribution >= 0.6 is 0 Å². The summed E-state index contributed by atoms with van der Waals surface area (Å²) in [6.45, 7) is 2.76. The quantitative estimate of drug-likeness (QED) is 0.764. The Hall–Kier alpha value is -3.28. The Morgan fingerprint density at radius 2 is 1.88 bits per heavy atom. The van der Waals surface area contributed by atoms with Crippen LogP contribution in [0.25, 0.3) is 11.3 Å². The SMILES string of the molecule is Cc1ccc(-c2cc(C(=O)NCCc3ccc4c(c3)OCO4)no2)cc1. The largest absolute Gasteiger partial charge is 0.454 e. The number of rotatable bonds is 5. The Kier molecular flexibility index (Phi) is 4.31. The second-order valence-electron chi connectivity index (χ2n) is 6.14. The molecule has 1 aliphatic heterocycles. The first-order valence-electron chi connectivity index (χ1n) is 8.39. The summed E-state index contributed by atoms with van der Waals surface area (Å²) >= 11 is 0. The third-order valence-electron chi connectivity index (χ3n) is 4.22. The molecule has 0 aliphatic carbocycles. The van der Waals surface area contributed by atoms with Crippen molar-refractivity contribution in [3.05, 3.63) is 65.4 Å². The van der Waals surface area contributed by atoms with Gasteiger partial charge in [-0.1, -0.05) is 41.1 Å². The lowest BCUT2D eigenvalue weighted by Crippen LogP contribution is -2.25. The molecule has 0 saturated carbocycles. The Labute approximate surface area is 150 Å². The molecule has 1 aliphatic rings. The number of aryl methyl sites for hydroxylation is 1. The molecule has 6 heteroatoms. The van der Waals surface area contributed by atoms with Gasteiger partial charge in [-0.05, 0) is 31.0 Å². The Balaban J connectivity index is 1.34. The predicted octanol–water partition coefficient (Wildman–Crippen LogP) is 3.35. The molecule has 0 bridgehead atoms. The summed E-state index contributed by atoms with van der Waals surface area (Å²) in [5.41, 5.74) is 3.39. The molecule has 1 amide bonds. The summed E-state index contributed by atoms with van der Waals surface area (Å²) < 4.78 is 15.9. The van der Waals surface area contributed by atoms with Crippen molar-refractivity contribution < 1.29 is 18.8 Å². The number of ether oxygens (including phenoxy) is 2. The molecule has 2 aromatic carbocycles. The standard InChI is InChI=1S/C20H18N2O4/c1-13-2-5-15(6-3-13)18-11-16(22-26-18)20(23)21-9-8-14-4-7-17-19(10-14)25-12-24-17/h2-7,10-11H,8-9,12H2,1H3,(H,21,23). The van der Waals surface area contributed by atoms with E-state index in [4.69, 9.17) is 14.0 Å². The van der Waals surface area contributed by atoms with E-state index >= 15 is 0 Å². The van der Waals surface area contributed by atoms with E-state index in [2.05, 4.69) is 10.5 Å². The molecule has 0 atom stereocenters. The zero-order chi connectivity index (χ0) is 17.9. The van der Waals surface area contributed by atoms with Gasteiger partial charge in [0.25, 0.3) is 5.91 Å². The maximum absolute atomic E-state index is 12.2. The molecule has 1 N–H and O–H groups in total. The van der Waals surface area contributed by atoms with Crippen LogP contribution in [0.4, 0.5) is 0 Å². The molecule has 0 fully saturated rings. The molecule has 0 radical (unpaired) electrons. The highest BCUT2D eigenvalue weighted by Gasteiger charge is 2.15. The molecular formula is C20H18N2O4. The van der Waals surface area contributed by atoms with E-state index in [9.17, 15) is 4.79 Å². The number of carbonyl (C=O) groups is 1. The first-order valence-corrected chi connectivity index (χ1v) is 8.39. The van der Waals surface area contributed by atoms with Crippen molar-refractivity contribution in [1.82, 2.24) is 10.5 Å². The van der Waals surface area contributed by atoms with Gasteiger partial charge < -0.3 is 19.3 Å². The van der Waals surface area contributed by atoms with E-state index in [0.29, 0.717) is 18.7 Å². The van der Waals surface area contributed by atoms with E-state index in [0.717, 1.165) is 28.2 Å². The van der Waals surface area contributed by atoms with E-state index in [1.165, 1.54) is 0 Å². The highest BCUT2D eigenvalue weighted by Crippen LogP contribution is 2.32. The number of hydrogen-bond acceptors (Lipinski definition) is 5. The molecule has 4 rings (SSSR count).